The standard InChI is InChI=1S/C17H18FN3O2/c1-11(2)9-20-16(22)13-5-3-4-6-15(13)21-17(23)12-7-8-19-10-14(12)18/h3-8,10-11H,9H2,1-2H3,(H,20,22)(H,21,23). The first-order valence-electron chi connectivity index (χ1n) is 7.27. The Morgan fingerprint density at radius 3 is 2.57 bits per heavy atom. The van der Waals surface area contributed by atoms with Gasteiger partial charge in [-0.05, 0) is 24.1 Å². The quantitative estimate of drug-likeness (QED) is 0.891. The van der Waals surface area contributed by atoms with E-state index in [-0.39, 0.29) is 11.5 Å². The Balaban J connectivity index is 2.19. The summed E-state index contributed by atoms with van der Waals surface area (Å²) in [7, 11) is 0. The van der Waals surface area contributed by atoms with Crippen LogP contribution in [0.15, 0.2) is 42.7 Å². The molecular formula is C17H18FN3O2. The van der Waals surface area contributed by atoms with Crippen LogP contribution in [0.1, 0.15) is 34.6 Å². The van der Waals surface area contributed by atoms with Crippen LogP contribution in [-0.2, 0) is 0 Å². The number of carbonyl (C=O) groups excluding carboxylic acids is 2. The normalized spacial score (nSPS) is 10.4. The van der Waals surface area contributed by atoms with Crippen molar-refractivity contribution >= 4 is 17.5 Å². The van der Waals surface area contributed by atoms with Crippen molar-refractivity contribution in [2.75, 3.05) is 11.9 Å². The number of aromatic nitrogens is 1. The molecule has 0 spiro atoms. The van der Waals surface area contributed by atoms with Gasteiger partial charge in [0.15, 0.2) is 5.82 Å². The minimum absolute atomic E-state index is 0.127. The van der Waals surface area contributed by atoms with Crippen LogP contribution in [0.3, 0.4) is 0 Å². The van der Waals surface area contributed by atoms with Crippen LogP contribution in [0.4, 0.5) is 10.1 Å². The number of hydrogen-bond acceptors (Lipinski definition) is 3. The SMILES string of the molecule is CC(C)CNC(=O)c1ccccc1NC(=O)c1ccncc1F. The molecule has 1 aromatic heterocycles. The molecule has 23 heavy (non-hydrogen) atoms. The van der Waals surface area contributed by atoms with E-state index in [1.807, 2.05) is 13.8 Å². The lowest BCUT2D eigenvalue weighted by atomic mass is 10.1. The van der Waals surface area contributed by atoms with E-state index in [0.29, 0.717) is 23.7 Å². The molecule has 0 aliphatic carbocycles. The van der Waals surface area contributed by atoms with Gasteiger partial charge in [-0.2, -0.15) is 0 Å². The molecule has 0 bridgehead atoms. The fourth-order valence-electron chi connectivity index (χ4n) is 1.93. The summed E-state index contributed by atoms with van der Waals surface area (Å²) >= 11 is 0. The number of amides is 2. The van der Waals surface area contributed by atoms with Crippen molar-refractivity contribution in [2.45, 2.75) is 13.8 Å². The van der Waals surface area contributed by atoms with Crippen molar-refractivity contribution < 1.29 is 14.0 Å². The predicted molar refractivity (Wildman–Crippen MR) is 85.8 cm³/mol. The van der Waals surface area contributed by atoms with E-state index in [4.69, 9.17) is 0 Å². The van der Waals surface area contributed by atoms with Gasteiger partial charge in [0.1, 0.15) is 0 Å². The van der Waals surface area contributed by atoms with E-state index in [0.717, 1.165) is 6.20 Å². The van der Waals surface area contributed by atoms with Crippen LogP contribution in [0.5, 0.6) is 0 Å². The summed E-state index contributed by atoms with van der Waals surface area (Å²) in [5.74, 6) is -1.32. The number of halogens is 1. The maximum absolute atomic E-state index is 13.6. The fraction of sp³-hybridized carbons (Fsp3) is 0.235. The van der Waals surface area contributed by atoms with Crippen LogP contribution in [0.2, 0.25) is 0 Å². The zero-order valence-electron chi connectivity index (χ0n) is 13.0. The second kappa shape index (κ2) is 7.49. The molecule has 0 unspecified atom stereocenters. The number of anilines is 1. The zero-order chi connectivity index (χ0) is 16.8. The summed E-state index contributed by atoms with van der Waals surface area (Å²) in [6, 6.07) is 7.88. The molecule has 0 saturated heterocycles. The Morgan fingerprint density at radius 1 is 1.13 bits per heavy atom. The number of rotatable bonds is 5. The second-order valence-corrected chi connectivity index (χ2v) is 5.46. The summed E-state index contributed by atoms with van der Waals surface area (Å²) < 4.78 is 13.6. The first-order valence-corrected chi connectivity index (χ1v) is 7.27. The Morgan fingerprint density at radius 2 is 1.87 bits per heavy atom. The molecule has 0 saturated carbocycles. The summed E-state index contributed by atoms with van der Waals surface area (Å²) in [5, 5.41) is 5.36. The molecule has 0 aliphatic heterocycles. The molecule has 2 aromatic rings. The zero-order valence-corrected chi connectivity index (χ0v) is 13.0. The van der Waals surface area contributed by atoms with E-state index in [1.165, 1.54) is 12.3 Å². The Labute approximate surface area is 133 Å². The van der Waals surface area contributed by atoms with Gasteiger partial charge in [0.2, 0.25) is 0 Å². The predicted octanol–water partition coefficient (Wildman–Crippen LogP) is 2.86. The highest BCUT2D eigenvalue weighted by Crippen LogP contribution is 2.17. The highest BCUT2D eigenvalue weighted by Gasteiger charge is 2.16. The molecule has 0 fully saturated rings. The van der Waals surface area contributed by atoms with Crippen LogP contribution in [0.25, 0.3) is 0 Å². The number of hydrogen-bond donors (Lipinski definition) is 2. The minimum Gasteiger partial charge on any atom is -0.352 e. The van der Waals surface area contributed by atoms with Crippen LogP contribution >= 0.6 is 0 Å². The summed E-state index contributed by atoms with van der Waals surface area (Å²) in [6.45, 7) is 4.50. The Kier molecular flexibility index (Phi) is 5.41. The molecule has 1 heterocycles. The molecule has 2 N–H and O–H groups in total. The third-order valence-electron chi connectivity index (χ3n) is 3.11. The minimum atomic E-state index is -0.716. The monoisotopic (exact) mass is 315 g/mol. The summed E-state index contributed by atoms with van der Waals surface area (Å²) in [6.07, 6.45) is 2.30. The maximum atomic E-state index is 13.6. The number of pyridine rings is 1. The highest BCUT2D eigenvalue weighted by molar-refractivity contribution is 6.09. The van der Waals surface area contributed by atoms with Crippen molar-refractivity contribution in [2.24, 2.45) is 5.92 Å². The Hall–Kier alpha value is -2.76. The van der Waals surface area contributed by atoms with Gasteiger partial charge >= 0.3 is 0 Å². The number of nitrogens with zero attached hydrogens (tertiary/aromatic N) is 1. The first-order chi connectivity index (χ1) is 11.0. The van der Waals surface area contributed by atoms with Gasteiger partial charge in [-0.3, -0.25) is 14.6 Å². The first kappa shape index (κ1) is 16.6. The third-order valence-corrected chi connectivity index (χ3v) is 3.11. The number of carbonyl (C=O) groups is 2. The number of benzene rings is 1. The average molecular weight is 315 g/mol. The van der Waals surface area contributed by atoms with Crippen LogP contribution < -0.4 is 10.6 Å². The maximum Gasteiger partial charge on any atom is 0.258 e. The molecule has 120 valence electrons. The van der Waals surface area contributed by atoms with Gasteiger partial charge in [0.05, 0.1) is 23.0 Å². The number of para-hydroxylation sites is 1. The second-order valence-electron chi connectivity index (χ2n) is 5.46. The van der Waals surface area contributed by atoms with E-state index in [1.54, 1.807) is 24.3 Å². The van der Waals surface area contributed by atoms with Crippen LogP contribution in [0, 0.1) is 11.7 Å². The van der Waals surface area contributed by atoms with E-state index >= 15 is 0 Å². The smallest absolute Gasteiger partial charge is 0.258 e. The Bertz CT molecular complexity index is 716. The molecule has 6 heteroatoms. The summed E-state index contributed by atoms with van der Waals surface area (Å²) in [5.41, 5.74) is 0.531. The van der Waals surface area contributed by atoms with Crippen molar-refractivity contribution in [3.05, 3.63) is 59.7 Å². The van der Waals surface area contributed by atoms with E-state index in [9.17, 15) is 14.0 Å². The lowest BCUT2D eigenvalue weighted by Crippen LogP contribution is -2.28. The average Bonchev–Trinajstić information content (AvgIpc) is 2.53. The largest absolute Gasteiger partial charge is 0.352 e. The summed E-state index contributed by atoms with van der Waals surface area (Å²) in [4.78, 5) is 28.0. The molecule has 2 rings (SSSR count). The van der Waals surface area contributed by atoms with Gasteiger partial charge in [0, 0.05) is 12.7 Å². The lowest BCUT2D eigenvalue weighted by Gasteiger charge is -2.12. The van der Waals surface area contributed by atoms with Crippen molar-refractivity contribution in [3.8, 4) is 0 Å². The number of nitrogens with one attached hydrogen (secondary N) is 2. The van der Waals surface area contributed by atoms with E-state index in [2.05, 4.69) is 15.6 Å². The topological polar surface area (TPSA) is 71.1 Å². The third kappa shape index (κ3) is 4.35. The van der Waals surface area contributed by atoms with Gasteiger partial charge < -0.3 is 10.6 Å². The molecule has 2 amide bonds. The van der Waals surface area contributed by atoms with E-state index < -0.39 is 11.7 Å². The molecule has 1 aromatic carbocycles. The van der Waals surface area contributed by atoms with Gasteiger partial charge in [-0.1, -0.05) is 26.0 Å². The van der Waals surface area contributed by atoms with Crippen molar-refractivity contribution in [3.63, 3.8) is 0 Å². The van der Waals surface area contributed by atoms with Gasteiger partial charge in [0.25, 0.3) is 11.8 Å². The van der Waals surface area contributed by atoms with Gasteiger partial charge in [-0.15, -0.1) is 0 Å². The molecule has 0 atom stereocenters. The molecule has 5 nitrogen and oxygen atoms in total. The van der Waals surface area contributed by atoms with Gasteiger partial charge in [-0.25, -0.2) is 4.39 Å². The van der Waals surface area contributed by atoms with Crippen LogP contribution in [-0.4, -0.2) is 23.3 Å². The fourth-order valence-corrected chi connectivity index (χ4v) is 1.93. The van der Waals surface area contributed by atoms with Crippen molar-refractivity contribution in [1.82, 2.24) is 10.3 Å². The molecule has 0 aliphatic rings. The van der Waals surface area contributed by atoms with Crippen molar-refractivity contribution in [1.29, 1.82) is 0 Å². The molecular weight excluding hydrogens is 297 g/mol. The molecule has 0 radical (unpaired) electrons. The lowest BCUT2D eigenvalue weighted by molar-refractivity contribution is 0.0950. The highest BCUT2D eigenvalue weighted by atomic mass is 19.1.